The van der Waals surface area contributed by atoms with Crippen molar-refractivity contribution >= 4 is 5.82 Å². The van der Waals surface area contributed by atoms with Crippen LogP contribution in [0.25, 0.3) is 17.1 Å². The van der Waals surface area contributed by atoms with E-state index in [9.17, 15) is 0 Å². The summed E-state index contributed by atoms with van der Waals surface area (Å²) in [6.45, 7) is 2.07. The van der Waals surface area contributed by atoms with Crippen LogP contribution in [0.2, 0.25) is 0 Å². The number of hydrogen-bond acceptors (Lipinski definition) is 5. The van der Waals surface area contributed by atoms with Crippen molar-refractivity contribution < 1.29 is 13.9 Å². The first-order valence-electron chi connectivity index (χ1n) is 7.70. The Labute approximate surface area is 132 Å². The Morgan fingerprint density at radius 1 is 1.09 bits per heavy atom. The summed E-state index contributed by atoms with van der Waals surface area (Å²) >= 11 is 0. The van der Waals surface area contributed by atoms with Crippen LogP contribution in [0.3, 0.4) is 0 Å². The fourth-order valence-electron chi connectivity index (χ4n) is 3.14. The van der Waals surface area contributed by atoms with Crippen molar-refractivity contribution in [3.05, 3.63) is 42.2 Å². The zero-order valence-corrected chi connectivity index (χ0v) is 12.4. The normalized spacial score (nSPS) is 15.3. The summed E-state index contributed by atoms with van der Waals surface area (Å²) in [5, 5.41) is 8.17. The molecule has 0 bridgehead atoms. The molecule has 0 atom stereocenters. The lowest BCUT2D eigenvalue weighted by Gasteiger charge is -2.19. The molecule has 6 nitrogen and oxygen atoms in total. The molecule has 0 aliphatic carbocycles. The predicted molar refractivity (Wildman–Crippen MR) is 84.4 cm³/mol. The second-order valence-electron chi connectivity index (χ2n) is 5.57. The van der Waals surface area contributed by atoms with Crippen LogP contribution in [-0.2, 0) is 6.42 Å². The minimum atomic E-state index is 0.573. The second-order valence-corrected chi connectivity index (χ2v) is 5.57. The first-order valence-corrected chi connectivity index (χ1v) is 7.70. The molecule has 2 aliphatic heterocycles. The number of anilines is 1. The van der Waals surface area contributed by atoms with Crippen LogP contribution < -0.4 is 14.8 Å². The smallest absolute Gasteiger partial charge is 0.163 e. The van der Waals surface area contributed by atoms with E-state index in [1.165, 1.54) is 5.56 Å². The van der Waals surface area contributed by atoms with Gasteiger partial charge in [-0.25, -0.2) is 4.68 Å². The number of aromatic nitrogens is 2. The van der Waals surface area contributed by atoms with Crippen LogP contribution in [0.15, 0.2) is 41.0 Å². The van der Waals surface area contributed by atoms with Crippen molar-refractivity contribution in [2.45, 2.75) is 6.42 Å². The highest BCUT2D eigenvalue weighted by Crippen LogP contribution is 2.37. The quantitative estimate of drug-likeness (QED) is 0.788. The van der Waals surface area contributed by atoms with Gasteiger partial charge >= 0.3 is 0 Å². The Hall–Kier alpha value is -2.89. The third-order valence-electron chi connectivity index (χ3n) is 4.18. The Morgan fingerprint density at radius 3 is 2.87 bits per heavy atom. The largest absolute Gasteiger partial charge is 0.486 e. The minimum absolute atomic E-state index is 0.573. The van der Waals surface area contributed by atoms with E-state index >= 15 is 0 Å². The zero-order valence-electron chi connectivity index (χ0n) is 12.4. The zero-order chi connectivity index (χ0) is 15.2. The number of rotatable bonds is 2. The van der Waals surface area contributed by atoms with Crippen molar-refractivity contribution in [3.8, 4) is 28.6 Å². The Bertz CT molecular complexity index is 868. The molecule has 4 heterocycles. The maximum absolute atomic E-state index is 5.68. The molecule has 116 valence electrons. The average molecular weight is 309 g/mol. The summed E-state index contributed by atoms with van der Waals surface area (Å²) in [5.41, 5.74) is 3.03. The van der Waals surface area contributed by atoms with Gasteiger partial charge in [0.1, 0.15) is 24.7 Å². The van der Waals surface area contributed by atoms with Crippen LogP contribution in [0.5, 0.6) is 11.5 Å². The van der Waals surface area contributed by atoms with Crippen LogP contribution in [0, 0.1) is 0 Å². The molecule has 0 amide bonds. The summed E-state index contributed by atoms with van der Waals surface area (Å²) in [7, 11) is 0. The topological polar surface area (TPSA) is 61.5 Å². The number of ether oxygens (including phenoxy) is 2. The third-order valence-corrected chi connectivity index (χ3v) is 4.18. The van der Waals surface area contributed by atoms with Crippen LogP contribution in [0.1, 0.15) is 5.56 Å². The first kappa shape index (κ1) is 12.6. The van der Waals surface area contributed by atoms with Gasteiger partial charge in [-0.05, 0) is 30.7 Å². The third kappa shape index (κ3) is 1.91. The summed E-state index contributed by atoms with van der Waals surface area (Å²) in [6, 6.07) is 9.71. The molecule has 1 N–H and O–H groups in total. The van der Waals surface area contributed by atoms with Crippen LogP contribution in [0.4, 0.5) is 5.82 Å². The monoisotopic (exact) mass is 309 g/mol. The van der Waals surface area contributed by atoms with Gasteiger partial charge < -0.3 is 19.2 Å². The van der Waals surface area contributed by atoms with Crippen molar-refractivity contribution in [3.63, 3.8) is 0 Å². The van der Waals surface area contributed by atoms with E-state index in [0.717, 1.165) is 47.4 Å². The van der Waals surface area contributed by atoms with Gasteiger partial charge in [-0.3, -0.25) is 0 Å². The fraction of sp³-hybridized carbons (Fsp3) is 0.235. The highest BCUT2D eigenvalue weighted by atomic mass is 16.6. The molecule has 2 aromatic heterocycles. The lowest BCUT2D eigenvalue weighted by Crippen LogP contribution is -2.15. The minimum Gasteiger partial charge on any atom is -0.486 e. The molecule has 5 rings (SSSR count). The maximum Gasteiger partial charge on any atom is 0.163 e. The fourth-order valence-corrected chi connectivity index (χ4v) is 3.14. The van der Waals surface area contributed by atoms with Gasteiger partial charge in [0.2, 0.25) is 0 Å². The van der Waals surface area contributed by atoms with Gasteiger partial charge in [-0.1, -0.05) is 0 Å². The van der Waals surface area contributed by atoms with E-state index in [1.807, 2.05) is 35.0 Å². The number of fused-ring (bicyclic) bond motifs is 2. The van der Waals surface area contributed by atoms with E-state index in [1.54, 1.807) is 6.26 Å². The van der Waals surface area contributed by atoms with E-state index in [-0.39, 0.29) is 0 Å². The predicted octanol–water partition coefficient (Wildman–Crippen LogP) is 2.87. The standard InChI is InChI=1S/C17H15N3O3/c1-2-14(21-7-1)16-12-5-6-18-17(12)20(19-16)11-3-4-13-15(10-11)23-9-8-22-13/h1-4,7,10,18H,5-6,8-9H2. The molecular weight excluding hydrogens is 294 g/mol. The van der Waals surface area contributed by atoms with Crippen molar-refractivity contribution in [1.82, 2.24) is 9.78 Å². The van der Waals surface area contributed by atoms with Crippen molar-refractivity contribution in [2.24, 2.45) is 0 Å². The van der Waals surface area contributed by atoms with E-state index in [4.69, 9.17) is 19.0 Å². The second kappa shape index (κ2) is 4.81. The molecule has 1 aromatic carbocycles. The summed E-state index contributed by atoms with van der Waals surface area (Å²) < 4.78 is 18.7. The highest BCUT2D eigenvalue weighted by Gasteiger charge is 2.25. The van der Waals surface area contributed by atoms with E-state index < -0.39 is 0 Å². The number of nitrogens with one attached hydrogen (secondary N) is 1. The number of benzene rings is 1. The lowest BCUT2D eigenvalue weighted by molar-refractivity contribution is 0.171. The molecule has 23 heavy (non-hydrogen) atoms. The molecule has 2 aliphatic rings. The van der Waals surface area contributed by atoms with Gasteiger partial charge in [-0.2, -0.15) is 5.10 Å². The van der Waals surface area contributed by atoms with E-state index in [2.05, 4.69) is 5.32 Å². The van der Waals surface area contributed by atoms with Crippen molar-refractivity contribution in [2.75, 3.05) is 25.1 Å². The number of nitrogens with zero attached hydrogens (tertiary/aromatic N) is 2. The van der Waals surface area contributed by atoms with Crippen molar-refractivity contribution in [1.29, 1.82) is 0 Å². The SMILES string of the molecule is c1coc(-c2nn(-c3ccc4c(c3)OCCO4)c3c2CCN3)c1. The number of hydrogen-bond donors (Lipinski definition) is 1. The van der Waals surface area contributed by atoms with Gasteiger partial charge in [0, 0.05) is 18.2 Å². The molecule has 6 heteroatoms. The molecule has 0 spiro atoms. The molecular formula is C17H15N3O3. The summed E-state index contributed by atoms with van der Waals surface area (Å²) in [6.07, 6.45) is 2.61. The molecule has 0 radical (unpaired) electrons. The van der Waals surface area contributed by atoms with Gasteiger partial charge in [0.05, 0.1) is 12.0 Å². The molecule has 0 fully saturated rings. The van der Waals surface area contributed by atoms with Gasteiger partial charge in [-0.15, -0.1) is 0 Å². The highest BCUT2D eigenvalue weighted by molar-refractivity contribution is 5.70. The van der Waals surface area contributed by atoms with E-state index in [0.29, 0.717) is 13.2 Å². The summed E-state index contributed by atoms with van der Waals surface area (Å²) in [4.78, 5) is 0. The van der Waals surface area contributed by atoms with Crippen LogP contribution in [-0.4, -0.2) is 29.5 Å². The first-order chi connectivity index (χ1) is 11.4. The molecule has 0 saturated heterocycles. The Morgan fingerprint density at radius 2 is 2.00 bits per heavy atom. The summed E-state index contributed by atoms with van der Waals surface area (Å²) in [5.74, 6) is 3.35. The number of furan rings is 1. The lowest BCUT2D eigenvalue weighted by atomic mass is 10.1. The maximum atomic E-state index is 5.68. The van der Waals surface area contributed by atoms with Gasteiger partial charge in [0.25, 0.3) is 0 Å². The van der Waals surface area contributed by atoms with Crippen LogP contribution >= 0.6 is 0 Å². The molecule has 3 aromatic rings. The Balaban J connectivity index is 1.65. The average Bonchev–Trinajstić information content (AvgIpc) is 3.31. The van der Waals surface area contributed by atoms with Gasteiger partial charge in [0.15, 0.2) is 17.3 Å². The molecule has 0 unspecified atom stereocenters. The molecule has 0 saturated carbocycles. The Kier molecular flexibility index (Phi) is 2.64.